The van der Waals surface area contributed by atoms with Gasteiger partial charge in [-0.2, -0.15) is 0 Å². The summed E-state index contributed by atoms with van der Waals surface area (Å²) >= 11 is 0. The second-order valence-electron chi connectivity index (χ2n) is 2.41. The fraction of sp³-hybridized carbons (Fsp3) is 0.375. The van der Waals surface area contributed by atoms with Crippen LogP contribution in [0.15, 0.2) is 12.7 Å². The molecule has 0 aliphatic heterocycles. The van der Waals surface area contributed by atoms with Crippen molar-refractivity contribution >= 4 is 11.9 Å². The lowest BCUT2D eigenvalue weighted by Gasteiger charge is -2.22. The lowest BCUT2D eigenvalue weighted by molar-refractivity contribution is -0.172. The summed E-state index contributed by atoms with van der Waals surface area (Å²) in [6.07, 6.45) is 0.888. The molecule has 0 spiro atoms. The molecule has 67 valence electrons. The Hall–Kier alpha value is -1.32. The van der Waals surface area contributed by atoms with Crippen LogP contribution in [0.25, 0.3) is 0 Å². The fourth-order valence-corrected chi connectivity index (χ4v) is 0.465. The van der Waals surface area contributed by atoms with Crippen LogP contribution < -0.4 is 0 Å². The Morgan fingerprint density at radius 2 is 2.17 bits per heavy atom. The first-order valence-electron chi connectivity index (χ1n) is 3.34. The van der Waals surface area contributed by atoms with Crippen molar-refractivity contribution in [1.82, 2.24) is 0 Å². The van der Waals surface area contributed by atoms with Gasteiger partial charge in [0.25, 0.3) is 0 Å². The molecule has 1 atom stereocenters. The second-order valence-corrected chi connectivity index (χ2v) is 2.41. The maximum Gasteiger partial charge on any atom is 0.347 e. The molecule has 1 radical (unpaired) electrons. The molecule has 0 rings (SSSR count). The Morgan fingerprint density at radius 3 is 2.42 bits per heavy atom. The highest BCUT2D eigenvalue weighted by molar-refractivity contribution is 5.86. The van der Waals surface area contributed by atoms with E-state index in [-0.39, 0.29) is 6.42 Å². The topological polar surface area (TPSA) is 63.6 Å². The summed E-state index contributed by atoms with van der Waals surface area (Å²) in [7, 11) is 0. The zero-order valence-corrected chi connectivity index (χ0v) is 6.87. The quantitative estimate of drug-likeness (QED) is 0.501. The van der Waals surface area contributed by atoms with Crippen LogP contribution in [0.4, 0.5) is 0 Å². The predicted octanol–water partition coefficient (Wildman–Crippen LogP) is 0.783. The van der Waals surface area contributed by atoms with E-state index >= 15 is 0 Å². The largest absolute Gasteiger partial charge is 0.478 e. The van der Waals surface area contributed by atoms with E-state index in [1.165, 1.54) is 6.92 Å². The van der Waals surface area contributed by atoms with E-state index in [4.69, 9.17) is 5.11 Å². The Labute approximate surface area is 70.8 Å². The molecule has 12 heavy (non-hydrogen) atoms. The maximum absolute atomic E-state index is 10.7. The van der Waals surface area contributed by atoms with Gasteiger partial charge in [0, 0.05) is 6.08 Å². The minimum absolute atomic E-state index is 0.0259. The molecule has 0 bridgehead atoms. The molecule has 0 saturated carbocycles. The Balaban J connectivity index is 4.44. The van der Waals surface area contributed by atoms with Crippen molar-refractivity contribution in [1.29, 1.82) is 0 Å². The van der Waals surface area contributed by atoms with E-state index in [1.807, 2.05) is 0 Å². The van der Waals surface area contributed by atoms with E-state index in [9.17, 15) is 9.59 Å². The Kier molecular flexibility index (Phi) is 3.47. The van der Waals surface area contributed by atoms with E-state index in [0.717, 1.165) is 6.08 Å². The summed E-state index contributed by atoms with van der Waals surface area (Å²) in [5.74, 6) is -1.98. The number of rotatable bonds is 4. The first-order chi connectivity index (χ1) is 5.46. The van der Waals surface area contributed by atoms with Crippen LogP contribution in [0.3, 0.4) is 0 Å². The van der Waals surface area contributed by atoms with Gasteiger partial charge in [-0.25, -0.2) is 9.59 Å². The van der Waals surface area contributed by atoms with Crippen LogP contribution in [0, 0.1) is 6.92 Å². The van der Waals surface area contributed by atoms with Crippen LogP contribution in [0.5, 0.6) is 0 Å². The SMILES string of the molecule is [CH2]CC(C)(OC(=O)C=C)C(=O)O. The van der Waals surface area contributed by atoms with Gasteiger partial charge in [-0.15, -0.1) is 0 Å². The summed E-state index contributed by atoms with van der Waals surface area (Å²) in [5.41, 5.74) is -1.55. The smallest absolute Gasteiger partial charge is 0.347 e. The number of hydrogen-bond donors (Lipinski definition) is 1. The van der Waals surface area contributed by atoms with Gasteiger partial charge in [0.05, 0.1) is 0 Å². The van der Waals surface area contributed by atoms with Crippen LogP contribution in [0.2, 0.25) is 0 Å². The van der Waals surface area contributed by atoms with Crippen LogP contribution in [0.1, 0.15) is 13.3 Å². The Bertz CT molecular complexity index is 209. The highest BCUT2D eigenvalue weighted by Crippen LogP contribution is 2.15. The van der Waals surface area contributed by atoms with Crippen molar-refractivity contribution in [3.05, 3.63) is 19.6 Å². The normalized spacial score (nSPS) is 14.5. The van der Waals surface area contributed by atoms with E-state index in [1.54, 1.807) is 0 Å². The van der Waals surface area contributed by atoms with Crippen molar-refractivity contribution < 1.29 is 19.4 Å². The minimum atomic E-state index is -1.55. The molecule has 0 aromatic heterocycles. The molecule has 0 heterocycles. The Morgan fingerprint density at radius 1 is 1.67 bits per heavy atom. The van der Waals surface area contributed by atoms with Crippen molar-refractivity contribution in [2.45, 2.75) is 18.9 Å². The first kappa shape index (κ1) is 10.7. The van der Waals surface area contributed by atoms with E-state index in [0.29, 0.717) is 0 Å². The molecule has 0 aliphatic rings. The lowest BCUT2D eigenvalue weighted by atomic mass is 10.0. The monoisotopic (exact) mass is 171 g/mol. The zero-order chi connectivity index (χ0) is 9.78. The second kappa shape index (κ2) is 3.90. The third kappa shape index (κ3) is 2.38. The average Bonchev–Trinajstić information content (AvgIpc) is 2.03. The number of ether oxygens (including phenoxy) is 1. The standard InChI is InChI=1S/C8H11O4/c1-4-6(9)12-8(3,5-2)7(10)11/h4H,1-2,5H2,3H3,(H,10,11). The summed E-state index contributed by atoms with van der Waals surface area (Å²) in [6.45, 7) is 7.81. The van der Waals surface area contributed by atoms with Gasteiger partial charge in [0.2, 0.25) is 5.60 Å². The van der Waals surface area contributed by atoms with Crippen molar-refractivity contribution in [2.24, 2.45) is 0 Å². The van der Waals surface area contributed by atoms with Gasteiger partial charge >= 0.3 is 11.9 Å². The summed E-state index contributed by atoms with van der Waals surface area (Å²) in [4.78, 5) is 21.2. The molecule has 0 saturated heterocycles. The number of aliphatic carboxylic acids is 1. The third-order valence-corrected chi connectivity index (χ3v) is 1.42. The number of esters is 1. The fourth-order valence-electron chi connectivity index (χ4n) is 0.465. The number of carboxylic acid groups (broad SMARTS) is 1. The van der Waals surface area contributed by atoms with Crippen LogP contribution >= 0.6 is 0 Å². The van der Waals surface area contributed by atoms with Gasteiger partial charge < -0.3 is 9.84 Å². The van der Waals surface area contributed by atoms with Gasteiger partial charge in [-0.3, -0.25) is 0 Å². The van der Waals surface area contributed by atoms with Crippen LogP contribution in [-0.4, -0.2) is 22.6 Å². The molecule has 1 N–H and O–H groups in total. The molecule has 4 nitrogen and oxygen atoms in total. The van der Waals surface area contributed by atoms with Gasteiger partial charge in [0.1, 0.15) is 0 Å². The van der Waals surface area contributed by atoms with Gasteiger partial charge in [-0.05, 0) is 20.3 Å². The number of carboxylic acids is 1. The molecule has 0 fully saturated rings. The first-order valence-corrected chi connectivity index (χ1v) is 3.34. The molecule has 0 amide bonds. The van der Waals surface area contributed by atoms with E-state index in [2.05, 4.69) is 18.2 Å². The predicted molar refractivity (Wildman–Crippen MR) is 42.3 cm³/mol. The average molecular weight is 171 g/mol. The lowest BCUT2D eigenvalue weighted by Crippen LogP contribution is -2.39. The van der Waals surface area contributed by atoms with Gasteiger partial charge in [-0.1, -0.05) is 6.58 Å². The molecule has 0 aliphatic carbocycles. The van der Waals surface area contributed by atoms with Crippen molar-refractivity contribution in [3.63, 3.8) is 0 Å². The minimum Gasteiger partial charge on any atom is -0.478 e. The molecule has 0 aromatic carbocycles. The summed E-state index contributed by atoms with van der Waals surface area (Å²) in [5, 5.41) is 8.63. The molecule has 4 heteroatoms. The van der Waals surface area contributed by atoms with Gasteiger partial charge in [0.15, 0.2) is 0 Å². The van der Waals surface area contributed by atoms with Crippen molar-refractivity contribution in [2.75, 3.05) is 0 Å². The number of hydrogen-bond acceptors (Lipinski definition) is 3. The highest BCUT2D eigenvalue weighted by atomic mass is 16.6. The molecular formula is C8H11O4. The molecule has 1 unspecified atom stereocenters. The zero-order valence-electron chi connectivity index (χ0n) is 6.87. The van der Waals surface area contributed by atoms with Crippen LogP contribution in [-0.2, 0) is 14.3 Å². The van der Waals surface area contributed by atoms with Crippen molar-refractivity contribution in [3.8, 4) is 0 Å². The highest BCUT2D eigenvalue weighted by Gasteiger charge is 2.34. The number of carbonyl (C=O) groups is 2. The van der Waals surface area contributed by atoms with E-state index < -0.39 is 17.5 Å². The number of carbonyl (C=O) groups excluding carboxylic acids is 1. The third-order valence-electron chi connectivity index (χ3n) is 1.42. The molecular weight excluding hydrogens is 160 g/mol. The maximum atomic E-state index is 10.7. The molecule has 0 aromatic rings. The summed E-state index contributed by atoms with van der Waals surface area (Å²) in [6, 6.07) is 0. The summed E-state index contributed by atoms with van der Waals surface area (Å²) < 4.78 is 4.58.